The number of benzene rings is 4. The molecular weight excluding hydrogens is 612 g/mol. The molecule has 0 unspecified atom stereocenters. The standard InChI is InChI=1S/C39H42O7S/c1-2-42-35(40)23-24-47-39-38(45-28-33-21-13-6-14-22-33)37(44-27-32-19-11-5-12-20-32)36(43-26-31-17-9-4-10-18-31)34(46-39)29-41-25-30-15-7-3-8-16-30/h3-24,34,36-39H,2,25-29H2,1H3/b24-23-/t34-,36-,37+,38-,39-/m1/s1. The van der Waals surface area contributed by atoms with Crippen LogP contribution in [0.1, 0.15) is 29.2 Å². The van der Waals surface area contributed by atoms with Crippen molar-refractivity contribution in [3.8, 4) is 0 Å². The van der Waals surface area contributed by atoms with E-state index in [-0.39, 0.29) is 6.61 Å². The van der Waals surface area contributed by atoms with Gasteiger partial charge in [0.25, 0.3) is 0 Å². The van der Waals surface area contributed by atoms with Crippen molar-refractivity contribution in [1.82, 2.24) is 0 Å². The predicted molar refractivity (Wildman–Crippen MR) is 183 cm³/mol. The zero-order valence-corrected chi connectivity index (χ0v) is 27.4. The van der Waals surface area contributed by atoms with Crippen molar-refractivity contribution in [3.05, 3.63) is 155 Å². The summed E-state index contributed by atoms with van der Waals surface area (Å²) in [6, 6.07) is 40.1. The summed E-state index contributed by atoms with van der Waals surface area (Å²) in [6.07, 6.45) is -0.698. The topological polar surface area (TPSA) is 72.5 Å². The van der Waals surface area contributed by atoms with Crippen LogP contribution in [0, 0.1) is 0 Å². The minimum Gasteiger partial charge on any atom is -0.463 e. The second kappa shape index (κ2) is 19.2. The molecule has 47 heavy (non-hydrogen) atoms. The van der Waals surface area contributed by atoms with Crippen molar-refractivity contribution < 1.29 is 33.2 Å². The summed E-state index contributed by atoms with van der Waals surface area (Å²) in [7, 11) is 0. The van der Waals surface area contributed by atoms with Gasteiger partial charge in [-0.1, -0.05) is 133 Å². The lowest BCUT2D eigenvalue weighted by Crippen LogP contribution is -2.60. The Morgan fingerprint density at radius 1 is 0.638 bits per heavy atom. The first-order chi connectivity index (χ1) is 23.2. The van der Waals surface area contributed by atoms with Crippen LogP contribution in [0.25, 0.3) is 0 Å². The molecule has 0 spiro atoms. The van der Waals surface area contributed by atoms with Crippen LogP contribution in [0.15, 0.2) is 133 Å². The van der Waals surface area contributed by atoms with Crippen molar-refractivity contribution in [2.75, 3.05) is 13.2 Å². The van der Waals surface area contributed by atoms with E-state index in [4.69, 9.17) is 28.4 Å². The van der Waals surface area contributed by atoms with Crippen molar-refractivity contribution in [2.24, 2.45) is 0 Å². The molecule has 0 aromatic heterocycles. The van der Waals surface area contributed by atoms with Gasteiger partial charge < -0.3 is 28.4 Å². The zero-order valence-electron chi connectivity index (χ0n) is 26.6. The Bertz CT molecular complexity index is 1470. The summed E-state index contributed by atoms with van der Waals surface area (Å²) in [5, 5.41) is 1.70. The fraction of sp³-hybridized carbons (Fsp3) is 0.308. The van der Waals surface area contributed by atoms with Gasteiger partial charge >= 0.3 is 5.97 Å². The van der Waals surface area contributed by atoms with Crippen LogP contribution in [0.5, 0.6) is 0 Å². The number of ether oxygens (including phenoxy) is 6. The molecule has 5 atom stereocenters. The molecule has 246 valence electrons. The van der Waals surface area contributed by atoms with Crippen LogP contribution in [0.4, 0.5) is 0 Å². The van der Waals surface area contributed by atoms with Crippen LogP contribution in [-0.4, -0.2) is 49.0 Å². The Hall–Kier alpha value is -3.76. The summed E-state index contributed by atoms with van der Waals surface area (Å²) in [4.78, 5) is 12.2. The SMILES string of the molecule is CCOC(=O)/C=C\S[C@H]1O[C@H](COCc2ccccc2)[C@@H](OCc2ccccc2)[C@H](OCc2ccccc2)[C@H]1OCc1ccccc1. The molecule has 8 heteroatoms. The van der Waals surface area contributed by atoms with Gasteiger partial charge in [0.05, 0.1) is 39.6 Å². The third-order valence-electron chi connectivity index (χ3n) is 7.54. The molecule has 0 saturated carbocycles. The maximum absolute atomic E-state index is 12.2. The van der Waals surface area contributed by atoms with E-state index in [1.807, 2.05) is 121 Å². The number of rotatable bonds is 17. The third-order valence-corrected chi connectivity index (χ3v) is 8.48. The molecule has 1 heterocycles. The van der Waals surface area contributed by atoms with Gasteiger partial charge in [-0.25, -0.2) is 4.79 Å². The summed E-state index contributed by atoms with van der Waals surface area (Å²) < 4.78 is 38.2. The molecule has 1 aliphatic rings. The van der Waals surface area contributed by atoms with Crippen LogP contribution < -0.4 is 0 Å². The summed E-state index contributed by atoms with van der Waals surface area (Å²) in [6.45, 7) is 3.84. The highest BCUT2D eigenvalue weighted by atomic mass is 32.2. The van der Waals surface area contributed by atoms with Crippen molar-refractivity contribution in [1.29, 1.82) is 0 Å². The van der Waals surface area contributed by atoms with Gasteiger partial charge in [0.15, 0.2) is 0 Å². The highest BCUT2D eigenvalue weighted by molar-refractivity contribution is 8.02. The average Bonchev–Trinajstić information content (AvgIpc) is 3.11. The second-order valence-corrected chi connectivity index (χ2v) is 12.0. The highest BCUT2D eigenvalue weighted by Gasteiger charge is 2.48. The Labute approximate surface area is 281 Å². The number of carbonyl (C=O) groups is 1. The number of thioether (sulfide) groups is 1. The molecule has 0 bridgehead atoms. The maximum atomic E-state index is 12.2. The van der Waals surface area contributed by atoms with Gasteiger partial charge in [0, 0.05) is 6.08 Å². The second-order valence-electron chi connectivity index (χ2n) is 11.0. The van der Waals surface area contributed by atoms with Crippen molar-refractivity contribution in [3.63, 3.8) is 0 Å². The lowest BCUT2D eigenvalue weighted by Gasteiger charge is -2.45. The molecule has 7 nitrogen and oxygen atoms in total. The Balaban J connectivity index is 1.44. The van der Waals surface area contributed by atoms with E-state index in [1.54, 1.807) is 12.3 Å². The van der Waals surface area contributed by atoms with E-state index in [2.05, 4.69) is 0 Å². The van der Waals surface area contributed by atoms with Crippen LogP contribution in [0.2, 0.25) is 0 Å². The maximum Gasteiger partial charge on any atom is 0.331 e. The monoisotopic (exact) mass is 654 g/mol. The van der Waals surface area contributed by atoms with Gasteiger partial charge in [-0.15, -0.1) is 0 Å². The molecule has 1 fully saturated rings. The van der Waals surface area contributed by atoms with E-state index < -0.39 is 35.8 Å². The molecule has 1 saturated heterocycles. The Morgan fingerprint density at radius 2 is 1.09 bits per heavy atom. The number of hydrogen-bond donors (Lipinski definition) is 0. The summed E-state index contributed by atoms with van der Waals surface area (Å²) in [5.41, 5.74) is 3.62. The first-order valence-corrected chi connectivity index (χ1v) is 16.9. The molecule has 1 aliphatic heterocycles. The molecule has 0 N–H and O–H groups in total. The highest BCUT2D eigenvalue weighted by Crippen LogP contribution is 2.36. The van der Waals surface area contributed by atoms with E-state index in [1.165, 1.54) is 17.8 Å². The molecular formula is C39H42O7S. The minimum absolute atomic E-state index is 0.267. The zero-order chi connectivity index (χ0) is 32.5. The summed E-state index contributed by atoms with van der Waals surface area (Å²) >= 11 is 1.35. The van der Waals surface area contributed by atoms with Crippen LogP contribution in [-0.2, 0) is 59.6 Å². The molecule has 4 aromatic carbocycles. The fourth-order valence-corrected chi connectivity index (χ4v) is 6.16. The fourth-order valence-electron chi connectivity index (χ4n) is 5.22. The number of carbonyl (C=O) groups excluding carboxylic acids is 1. The smallest absolute Gasteiger partial charge is 0.331 e. The van der Waals surface area contributed by atoms with Crippen LogP contribution in [0.3, 0.4) is 0 Å². The first-order valence-electron chi connectivity index (χ1n) is 15.9. The largest absolute Gasteiger partial charge is 0.463 e. The average molecular weight is 655 g/mol. The third kappa shape index (κ3) is 11.2. The quantitative estimate of drug-likeness (QED) is 0.0857. The van der Waals surface area contributed by atoms with Crippen molar-refractivity contribution in [2.45, 2.75) is 63.2 Å². The van der Waals surface area contributed by atoms with Crippen molar-refractivity contribution >= 4 is 17.7 Å². The Kier molecular flexibility index (Phi) is 14.1. The molecule has 0 aliphatic carbocycles. The molecule has 4 aromatic rings. The van der Waals surface area contributed by atoms with Gasteiger partial charge in [-0.3, -0.25) is 0 Å². The number of hydrogen-bond acceptors (Lipinski definition) is 8. The number of esters is 1. The Morgan fingerprint density at radius 3 is 1.57 bits per heavy atom. The minimum atomic E-state index is -0.554. The lowest BCUT2D eigenvalue weighted by molar-refractivity contribution is -0.254. The van der Waals surface area contributed by atoms with E-state index >= 15 is 0 Å². The first kappa shape index (κ1) is 34.6. The van der Waals surface area contributed by atoms with Gasteiger partial charge in [0.2, 0.25) is 0 Å². The van der Waals surface area contributed by atoms with Crippen LogP contribution >= 0.6 is 11.8 Å². The van der Waals surface area contributed by atoms with E-state index in [9.17, 15) is 4.79 Å². The molecule has 0 amide bonds. The normalized spacial score (nSPS) is 21.1. The summed E-state index contributed by atoms with van der Waals surface area (Å²) in [5.74, 6) is -0.416. The van der Waals surface area contributed by atoms with E-state index in [0.29, 0.717) is 33.0 Å². The van der Waals surface area contributed by atoms with Gasteiger partial charge in [0.1, 0.15) is 29.9 Å². The van der Waals surface area contributed by atoms with E-state index in [0.717, 1.165) is 22.3 Å². The lowest BCUT2D eigenvalue weighted by atomic mass is 9.98. The molecule has 5 rings (SSSR count). The van der Waals surface area contributed by atoms with Gasteiger partial charge in [-0.2, -0.15) is 0 Å². The van der Waals surface area contributed by atoms with Gasteiger partial charge in [-0.05, 0) is 34.6 Å². The molecule has 0 radical (unpaired) electrons. The predicted octanol–water partition coefficient (Wildman–Crippen LogP) is 7.49.